The first kappa shape index (κ1) is 18.5. The van der Waals surface area contributed by atoms with Gasteiger partial charge in [-0.05, 0) is 37.3 Å². The number of hydrogen-bond acceptors (Lipinski definition) is 3. The molecule has 24 heavy (non-hydrogen) atoms. The largest absolute Gasteiger partial charge is 0.392 e. The molecule has 1 atom stereocenters. The van der Waals surface area contributed by atoms with E-state index in [1.54, 1.807) is 6.92 Å². The number of carbonyl (C=O) groups excluding carboxylic acids is 2. The van der Waals surface area contributed by atoms with Crippen LogP contribution in [0, 0.1) is 5.92 Å². The van der Waals surface area contributed by atoms with E-state index in [4.69, 9.17) is 5.11 Å². The van der Waals surface area contributed by atoms with Crippen LogP contribution >= 0.6 is 0 Å². The minimum atomic E-state index is -0.504. The maximum Gasteiger partial charge on any atom is 0.242 e. The molecule has 1 aliphatic carbocycles. The van der Waals surface area contributed by atoms with E-state index in [0.717, 1.165) is 43.2 Å². The molecule has 1 aromatic rings. The van der Waals surface area contributed by atoms with Gasteiger partial charge in [-0.1, -0.05) is 43.5 Å². The highest BCUT2D eigenvalue weighted by molar-refractivity contribution is 5.88. The molecular formula is C19H28N2O3. The summed E-state index contributed by atoms with van der Waals surface area (Å²) in [5.41, 5.74) is 1.98. The lowest BCUT2D eigenvalue weighted by molar-refractivity contribution is -0.131. The van der Waals surface area contributed by atoms with Gasteiger partial charge in [-0.2, -0.15) is 0 Å². The number of rotatable bonds is 7. The van der Waals surface area contributed by atoms with E-state index in [-0.39, 0.29) is 24.3 Å². The molecule has 3 N–H and O–H groups in total. The first-order valence-corrected chi connectivity index (χ1v) is 8.87. The molecule has 0 spiro atoms. The maximum atomic E-state index is 12.2. The summed E-state index contributed by atoms with van der Waals surface area (Å²) < 4.78 is 0. The first-order chi connectivity index (χ1) is 11.6. The average molecular weight is 332 g/mol. The fourth-order valence-corrected chi connectivity index (χ4v) is 3.06. The summed E-state index contributed by atoms with van der Waals surface area (Å²) in [5.74, 6) is -0.0675. The van der Waals surface area contributed by atoms with Gasteiger partial charge in [-0.25, -0.2) is 0 Å². The molecule has 132 valence electrons. The fourth-order valence-electron chi connectivity index (χ4n) is 3.06. The summed E-state index contributed by atoms with van der Waals surface area (Å²) in [5, 5.41) is 14.7. The van der Waals surface area contributed by atoms with E-state index in [2.05, 4.69) is 10.6 Å². The van der Waals surface area contributed by atoms with Crippen LogP contribution in [0.25, 0.3) is 0 Å². The van der Waals surface area contributed by atoms with Gasteiger partial charge < -0.3 is 15.7 Å². The van der Waals surface area contributed by atoms with E-state index in [0.29, 0.717) is 6.54 Å². The van der Waals surface area contributed by atoms with Crippen LogP contribution in [-0.4, -0.2) is 29.5 Å². The summed E-state index contributed by atoms with van der Waals surface area (Å²) in [4.78, 5) is 24.3. The van der Waals surface area contributed by atoms with Crippen LogP contribution in [0.15, 0.2) is 24.3 Å². The second-order valence-electron chi connectivity index (χ2n) is 6.58. The Balaban J connectivity index is 1.69. The molecule has 0 bridgehead atoms. The van der Waals surface area contributed by atoms with Gasteiger partial charge >= 0.3 is 0 Å². The lowest BCUT2D eigenvalue weighted by Gasteiger charge is -2.23. The number of carbonyl (C=O) groups is 2. The predicted octanol–water partition coefficient (Wildman–Crippen LogP) is 1.92. The summed E-state index contributed by atoms with van der Waals surface area (Å²) in [7, 11) is 0. The van der Waals surface area contributed by atoms with Crippen molar-refractivity contribution >= 4 is 11.8 Å². The van der Waals surface area contributed by atoms with E-state index < -0.39 is 6.04 Å². The number of nitrogens with one attached hydrogen (secondary N) is 2. The van der Waals surface area contributed by atoms with Crippen molar-refractivity contribution in [2.24, 2.45) is 5.92 Å². The fraction of sp³-hybridized carbons (Fsp3) is 0.579. The van der Waals surface area contributed by atoms with Crippen LogP contribution in [0.2, 0.25) is 0 Å². The lowest BCUT2D eigenvalue weighted by atomic mass is 9.88. The Bertz CT molecular complexity index is 536. The third-order valence-electron chi connectivity index (χ3n) is 4.65. The molecular weight excluding hydrogens is 304 g/mol. The molecule has 1 aliphatic rings. The van der Waals surface area contributed by atoms with Crippen molar-refractivity contribution in [3.8, 4) is 0 Å². The molecule has 0 heterocycles. The summed E-state index contributed by atoms with van der Waals surface area (Å²) in [6.07, 6.45) is 6.01. The minimum absolute atomic E-state index is 0.0111. The van der Waals surface area contributed by atoms with Gasteiger partial charge in [-0.3, -0.25) is 9.59 Å². The molecule has 1 aromatic carbocycles. The smallest absolute Gasteiger partial charge is 0.242 e. The third kappa shape index (κ3) is 5.64. The summed E-state index contributed by atoms with van der Waals surface area (Å²) in [6, 6.07) is 7.16. The first-order valence-electron chi connectivity index (χ1n) is 8.87. The Morgan fingerprint density at radius 2 is 1.75 bits per heavy atom. The van der Waals surface area contributed by atoms with Crippen molar-refractivity contribution in [2.45, 2.75) is 58.1 Å². The van der Waals surface area contributed by atoms with E-state index in [1.807, 2.05) is 24.3 Å². The molecule has 2 rings (SSSR count). The molecule has 1 unspecified atom stereocenters. The van der Waals surface area contributed by atoms with Gasteiger partial charge in [-0.15, -0.1) is 0 Å². The quantitative estimate of drug-likeness (QED) is 0.714. The van der Waals surface area contributed by atoms with Crippen LogP contribution in [-0.2, 0) is 22.6 Å². The van der Waals surface area contributed by atoms with Crippen molar-refractivity contribution < 1.29 is 14.7 Å². The molecule has 0 aliphatic heterocycles. The van der Waals surface area contributed by atoms with Crippen LogP contribution < -0.4 is 10.6 Å². The number of hydrogen-bond donors (Lipinski definition) is 3. The van der Waals surface area contributed by atoms with Crippen LogP contribution in [0.3, 0.4) is 0 Å². The summed E-state index contributed by atoms with van der Waals surface area (Å²) in [6.45, 7) is 2.29. The molecule has 0 saturated heterocycles. The zero-order chi connectivity index (χ0) is 17.4. The van der Waals surface area contributed by atoms with Gasteiger partial charge in [0.1, 0.15) is 6.04 Å². The molecule has 5 nitrogen and oxygen atoms in total. The molecule has 5 heteroatoms. The van der Waals surface area contributed by atoms with Crippen molar-refractivity contribution in [1.29, 1.82) is 0 Å². The van der Waals surface area contributed by atoms with Crippen molar-refractivity contribution in [3.05, 3.63) is 35.4 Å². The lowest BCUT2D eigenvalue weighted by Crippen LogP contribution is -2.47. The molecule has 1 saturated carbocycles. The maximum absolute atomic E-state index is 12.2. The third-order valence-corrected chi connectivity index (χ3v) is 4.65. The highest BCUT2D eigenvalue weighted by atomic mass is 16.3. The van der Waals surface area contributed by atoms with Gasteiger partial charge in [0, 0.05) is 12.5 Å². The van der Waals surface area contributed by atoms with E-state index >= 15 is 0 Å². The van der Waals surface area contributed by atoms with Crippen LogP contribution in [0.1, 0.15) is 50.2 Å². The zero-order valence-electron chi connectivity index (χ0n) is 14.4. The Morgan fingerprint density at radius 3 is 2.38 bits per heavy atom. The number of aliphatic hydroxyl groups excluding tert-OH is 1. The van der Waals surface area contributed by atoms with Gasteiger partial charge in [0.05, 0.1) is 6.61 Å². The topological polar surface area (TPSA) is 78.4 Å². The van der Waals surface area contributed by atoms with Crippen LogP contribution in [0.5, 0.6) is 0 Å². The van der Waals surface area contributed by atoms with Crippen molar-refractivity contribution in [3.63, 3.8) is 0 Å². The second-order valence-corrected chi connectivity index (χ2v) is 6.58. The van der Waals surface area contributed by atoms with E-state index in [9.17, 15) is 9.59 Å². The van der Waals surface area contributed by atoms with Gasteiger partial charge in [0.25, 0.3) is 0 Å². The van der Waals surface area contributed by atoms with Gasteiger partial charge in [0.15, 0.2) is 0 Å². The number of aliphatic hydroxyl groups is 1. The second kappa shape index (κ2) is 9.42. The Labute approximate surface area is 143 Å². The van der Waals surface area contributed by atoms with Crippen molar-refractivity contribution in [1.82, 2.24) is 10.6 Å². The van der Waals surface area contributed by atoms with Gasteiger partial charge in [0.2, 0.25) is 11.8 Å². The monoisotopic (exact) mass is 332 g/mol. The highest BCUT2D eigenvalue weighted by Gasteiger charge is 2.24. The van der Waals surface area contributed by atoms with Crippen LogP contribution in [0.4, 0.5) is 0 Å². The van der Waals surface area contributed by atoms with E-state index in [1.165, 1.54) is 6.42 Å². The molecule has 0 radical (unpaired) electrons. The molecule has 1 fully saturated rings. The normalized spacial score (nSPS) is 16.4. The standard InChI is InChI=1S/C19H28N2O3/c1-14(21-19(24)17-5-3-2-4-6-17)18(23)20-12-11-15-7-9-16(13-22)10-8-15/h7-10,14,17,22H,2-6,11-13H2,1H3,(H,20,23)(H,21,24). The Morgan fingerprint density at radius 1 is 1.12 bits per heavy atom. The number of benzene rings is 1. The highest BCUT2D eigenvalue weighted by Crippen LogP contribution is 2.23. The Kier molecular flexibility index (Phi) is 7.25. The zero-order valence-corrected chi connectivity index (χ0v) is 14.4. The van der Waals surface area contributed by atoms with Crippen molar-refractivity contribution in [2.75, 3.05) is 6.54 Å². The average Bonchev–Trinajstić information content (AvgIpc) is 2.62. The molecule has 0 aromatic heterocycles. The Hall–Kier alpha value is -1.88. The summed E-state index contributed by atoms with van der Waals surface area (Å²) >= 11 is 0. The number of amides is 2. The molecule has 2 amide bonds. The minimum Gasteiger partial charge on any atom is -0.392 e. The SMILES string of the molecule is CC(NC(=O)C1CCCCC1)C(=O)NCCc1ccc(CO)cc1. The predicted molar refractivity (Wildman–Crippen MR) is 93.3 cm³/mol.